The van der Waals surface area contributed by atoms with Crippen LogP contribution in [0.5, 0.6) is 0 Å². The molecule has 1 aromatic carbocycles. The molecule has 0 aliphatic carbocycles. The SMILES string of the molecule is CCCc1nccn1-c1cccc(S(C)(=O)=O)c1N. The molecule has 6 heteroatoms. The standard InChI is InChI=1S/C13H17N3O2S/c1-3-5-12-15-8-9-16(12)10-6-4-7-11(13(10)14)19(2,17)18/h4,6-9H,3,5,14H2,1-2H3. The molecular weight excluding hydrogens is 262 g/mol. The highest BCUT2D eigenvalue weighted by Gasteiger charge is 2.16. The maximum atomic E-state index is 11.7. The van der Waals surface area contributed by atoms with Crippen molar-refractivity contribution in [3.8, 4) is 5.69 Å². The van der Waals surface area contributed by atoms with Crippen molar-refractivity contribution in [2.75, 3.05) is 12.0 Å². The van der Waals surface area contributed by atoms with Crippen molar-refractivity contribution in [2.45, 2.75) is 24.7 Å². The topological polar surface area (TPSA) is 78.0 Å². The number of nitrogen functional groups attached to an aromatic ring is 1. The van der Waals surface area contributed by atoms with Crippen LogP contribution in [0.1, 0.15) is 19.2 Å². The molecule has 0 amide bonds. The molecule has 0 unspecified atom stereocenters. The van der Waals surface area contributed by atoms with Gasteiger partial charge in [0.25, 0.3) is 0 Å². The van der Waals surface area contributed by atoms with Gasteiger partial charge in [-0.05, 0) is 18.6 Å². The first-order chi connectivity index (χ1) is 8.95. The molecule has 0 spiro atoms. The van der Waals surface area contributed by atoms with Crippen molar-refractivity contribution >= 4 is 15.5 Å². The van der Waals surface area contributed by atoms with Gasteiger partial charge in [-0.1, -0.05) is 13.0 Å². The summed E-state index contributed by atoms with van der Waals surface area (Å²) in [4.78, 5) is 4.43. The zero-order valence-corrected chi connectivity index (χ0v) is 11.8. The van der Waals surface area contributed by atoms with Crippen LogP contribution < -0.4 is 5.73 Å². The van der Waals surface area contributed by atoms with E-state index in [1.165, 1.54) is 6.07 Å². The minimum Gasteiger partial charge on any atom is -0.396 e. The third-order valence-electron chi connectivity index (χ3n) is 2.89. The molecule has 0 saturated heterocycles. The number of nitrogens with two attached hydrogens (primary N) is 1. The zero-order chi connectivity index (χ0) is 14.0. The monoisotopic (exact) mass is 279 g/mol. The average Bonchev–Trinajstić information content (AvgIpc) is 2.76. The molecule has 0 radical (unpaired) electrons. The molecule has 2 N–H and O–H groups in total. The first-order valence-corrected chi connectivity index (χ1v) is 7.95. The van der Waals surface area contributed by atoms with Crippen LogP contribution in [-0.2, 0) is 16.3 Å². The lowest BCUT2D eigenvalue weighted by molar-refractivity contribution is 0.602. The van der Waals surface area contributed by atoms with Crippen LogP contribution in [-0.4, -0.2) is 24.2 Å². The molecule has 0 saturated carbocycles. The van der Waals surface area contributed by atoms with E-state index < -0.39 is 9.84 Å². The molecule has 5 nitrogen and oxygen atoms in total. The van der Waals surface area contributed by atoms with Gasteiger partial charge in [0.15, 0.2) is 9.84 Å². The summed E-state index contributed by atoms with van der Waals surface area (Å²) in [5.74, 6) is 0.875. The second kappa shape index (κ2) is 5.05. The van der Waals surface area contributed by atoms with Gasteiger partial charge in [0.1, 0.15) is 5.82 Å². The Labute approximate surface area is 113 Å². The van der Waals surface area contributed by atoms with E-state index in [4.69, 9.17) is 5.73 Å². The summed E-state index contributed by atoms with van der Waals surface area (Å²) < 4.78 is 25.2. The van der Waals surface area contributed by atoms with Crippen molar-refractivity contribution in [1.29, 1.82) is 0 Å². The van der Waals surface area contributed by atoms with Gasteiger partial charge in [-0.2, -0.15) is 0 Å². The number of sulfone groups is 1. The number of aromatic nitrogens is 2. The Morgan fingerprint density at radius 2 is 2.11 bits per heavy atom. The number of rotatable bonds is 4. The highest BCUT2D eigenvalue weighted by molar-refractivity contribution is 7.90. The lowest BCUT2D eigenvalue weighted by Gasteiger charge is -2.12. The van der Waals surface area contributed by atoms with Gasteiger partial charge in [0, 0.05) is 25.1 Å². The quantitative estimate of drug-likeness (QED) is 0.866. The Balaban J connectivity index is 2.61. The molecule has 102 valence electrons. The molecule has 1 aromatic heterocycles. The van der Waals surface area contributed by atoms with Gasteiger partial charge in [-0.3, -0.25) is 0 Å². The fourth-order valence-electron chi connectivity index (χ4n) is 2.03. The third kappa shape index (κ3) is 2.63. The van der Waals surface area contributed by atoms with Gasteiger partial charge >= 0.3 is 0 Å². The van der Waals surface area contributed by atoms with Gasteiger partial charge in [-0.15, -0.1) is 0 Å². The molecule has 2 aromatic rings. The maximum absolute atomic E-state index is 11.7. The Bertz CT molecular complexity index is 690. The molecule has 0 aliphatic heterocycles. The summed E-state index contributed by atoms with van der Waals surface area (Å²) in [6.45, 7) is 2.06. The van der Waals surface area contributed by atoms with Crippen molar-refractivity contribution in [2.24, 2.45) is 0 Å². The number of hydrogen-bond donors (Lipinski definition) is 1. The van der Waals surface area contributed by atoms with Crippen LogP contribution in [0.3, 0.4) is 0 Å². The van der Waals surface area contributed by atoms with E-state index in [1.54, 1.807) is 24.5 Å². The lowest BCUT2D eigenvalue weighted by Crippen LogP contribution is -2.08. The molecule has 2 rings (SSSR count). The van der Waals surface area contributed by atoms with Crippen LogP contribution in [0.15, 0.2) is 35.5 Å². The number of imidazole rings is 1. The number of benzene rings is 1. The molecule has 0 aliphatic rings. The maximum Gasteiger partial charge on any atom is 0.177 e. The minimum atomic E-state index is -3.33. The highest BCUT2D eigenvalue weighted by atomic mass is 32.2. The summed E-state index contributed by atoms with van der Waals surface area (Å²) in [5, 5.41) is 0. The smallest absolute Gasteiger partial charge is 0.177 e. The van der Waals surface area contributed by atoms with E-state index in [-0.39, 0.29) is 10.6 Å². The number of aryl methyl sites for hydroxylation is 1. The number of para-hydroxylation sites is 1. The molecule has 19 heavy (non-hydrogen) atoms. The predicted octanol–water partition coefficient (Wildman–Crippen LogP) is 1.81. The molecule has 0 bridgehead atoms. The summed E-state index contributed by atoms with van der Waals surface area (Å²) in [6, 6.07) is 5.01. The molecular formula is C13H17N3O2S. The Morgan fingerprint density at radius 1 is 1.37 bits per heavy atom. The number of nitrogens with zero attached hydrogens (tertiary/aromatic N) is 2. The first-order valence-electron chi connectivity index (χ1n) is 6.06. The van der Waals surface area contributed by atoms with Crippen LogP contribution in [0.25, 0.3) is 5.69 Å². The summed E-state index contributed by atoms with van der Waals surface area (Å²) in [7, 11) is -3.33. The van der Waals surface area contributed by atoms with E-state index in [0.717, 1.165) is 24.9 Å². The second-order valence-electron chi connectivity index (χ2n) is 4.42. The van der Waals surface area contributed by atoms with Crippen LogP contribution in [0.2, 0.25) is 0 Å². The Kier molecular flexibility index (Phi) is 3.61. The van der Waals surface area contributed by atoms with Gasteiger partial charge < -0.3 is 10.3 Å². The zero-order valence-electron chi connectivity index (χ0n) is 11.0. The molecule has 1 heterocycles. The van der Waals surface area contributed by atoms with E-state index in [0.29, 0.717) is 5.69 Å². The van der Waals surface area contributed by atoms with Crippen molar-refractivity contribution < 1.29 is 8.42 Å². The highest BCUT2D eigenvalue weighted by Crippen LogP contribution is 2.26. The normalized spacial score (nSPS) is 11.7. The van der Waals surface area contributed by atoms with E-state index in [1.807, 2.05) is 4.57 Å². The lowest BCUT2D eigenvalue weighted by atomic mass is 10.2. The fourth-order valence-corrected chi connectivity index (χ4v) is 2.86. The Hall–Kier alpha value is -1.82. The fraction of sp³-hybridized carbons (Fsp3) is 0.308. The van der Waals surface area contributed by atoms with Crippen molar-refractivity contribution in [3.63, 3.8) is 0 Å². The minimum absolute atomic E-state index is 0.154. The van der Waals surface area contributed by atoms with Crippen LogP contribution >= 0.6 is 0 Å². The van der Waals surface area contributed by atoms with Crippen molar-refractivity contribution in [1.82, 2.24) is 9.55 Å². The Morgan fingerprint density at radius 3 is 2.74 bits per heavy atom. The van der Waals surface area contributed by atoms with E-state index in [9.17, 15) is 8.42 Å². The third-order valence-corrected chi connectivity index (χ3v) is 4.05. The predicted molar refractivity (Wildman–Crippen MR) is 75.1 cm³/mol. The van der Waals surface area contributed by atoms with Crippen molar-refractivity contribution in [3.05, 3.63) is 36.4 Å². The van der Waals surface area contributed by atoms with E-state index in [2.05, 4.69) is 11.9 Å². The van der Waals surface area contributed by atoms with Gasteiger partial charge in [0.2, 0.25) is 0 Å². The first kappa shape index (κ1) is 13.6. The van der Waals surface area contributed by atoms with Gasteiger partial charge in [-0.25, -0.2) is 13.4 Å². The summed E-state index contributed by atoms with van der Waals surface area (Å²) in [5.41, 5.74) is 6.92. The molecule has 0 atom stereocenters. The van der Waals surface area contributed by atoms with Gasteiger partial charge in [0.05, 0.1) is 16.3 Å². The number of anilines is 1. The van der Waals surface area contributed by atoms with Crippen LogP contribution in [0, 0.1) is 0 Å². The molecule has 0 fully saturated rings. The average molecular weight is 279 g/mol. The van der Waals surface area contributed by atoms with E-state index >= 15 is 0 Å². The number of hydrogen-bond acceptors (Lipinski definition) is 4. The summed E-state index contributed by atoms with van der Waals surface area (Å²) in [6.07, 6.45) is 6.42. The summed E-state index contributed by atoms with van der Waals surface area (Å²) >= 11 is 0. The van der Waals surface area contributed by atoms with Crippen LogP contribution in [0.4, 0.5) is 5.69 Å². The largest absolute Gasteiger partial charge is 0.396 e. The second-order valence-corrected chi connectivity index (χ2v) is 6.41.